The summed E-state index contributed by atoms with van der Waals surface area (Å²) in [6.45, 7) is 9.76. The van der Waals surface area contributed by atoms with E-state index in [4.69, 9.17) is 19.9 Å². The van der Waals surface area contributed by atoms with Gasteiger partial charge in [-0.25, -0.2) is 4.79 Å². The van der Waals surface area contributed by atoms with Gasteiger partial charge < -0.3 is 25.3 Å². The SMILES string of the molecule is CCCCCCCCC(CNC(N)=O)C(OCC)(OCC)OCC. The molecule has 0 heterocycles. The molecule has 6 nitrogen and oxygen atoms in total. The number of unbranched alkanes of at least 4 members (excludes halogenated alkanes) is 5. The maximum atomic E-state index is 11.1. The number of rotatable bonds is 16. The molecule has 0 aromatic carbocycles. The first-order valence-corrected chi connectivity index (χ1v) is 9.51. The summed E-state index contributed by atoms with van der Waals surface area (Å²) >= 11 is 0. The first kappa shape index (κ1) is 23.1. The van der Waals surface area contributed by atoms with Crippen LogP contribution in [0.4, 0.5) is 4.79 Å². The summed E-state index contributed by atoms with van der Waals surface area (Å²) in [4.78, 5) is 11.1. The smallest absolute Gasteiger partial charge is 0.312 e. The van der Waals surface area contributed by atoms with Gasteiger partial charge in [-0.05, 0) is 27.2 Å². The predicted molar refractivity (Wildman–Crippen MR) is 96.7 cm³/mol. The zero-order valence-corrected chi connectivity index (χ0v) is 16.1. The highest BCUT2D eigenvalue weighted by Gasteiger charge is 2.41. The third kappa shape index (κ3) is 9.45. The first-order chi connectivity index (χ1) is 11.6. The van der Waals surface area contributed by atoms with Gasteiger partial charge >= 0.3 is 6.03 Å². The summed E-state index contributed by atoms with van der Waals surface area (Å²) in [6, 6.07) is -0.540. The Hall–Kier alpha value is -0.850. The van der Waals surface area contributed by atoms with Crippen LogP contribution in [-0.2, 0) is 14.2 Å². The van der Waals surface area contributed by atoms with Gasteiger partial charge in [0.1, 0.15) is 0 Å². The average molecular weight is 347 g/mol. The molecule has 1 atom stereocenters. The molecule has 1 unspecified atom stereocenters. The van der Waals surface area contributed by atoms with Gasteiger partial charge in [0.05, 0.1) is 5.92 Å². The monoisotopic (exact) mass is 346 g/mol. The minimum atomic E-state index is -1.12. The maximum Gasteiger partial charge on any atom is 0.312 e. The second kappa shape index (κ2) is 14.5. The van der Waals surface area contributed by atoms with E-state index in [0.29, 0.717) is 26.4 Å². The number of urea groups is 1. The number of primary amides is 1. The van der Waals surface area contributed by atoms with Gasteiger partial charge in [-0.1, -0.05) is 45.4 Å². The van der Waals surface area contributed by atoms with E-state index in [1.165, 1.54) is 25.7 Å². The second-order valence-electron chi connectivity index (χ2n) is 5.90. The summed E-state index contributed by atoms with van der Waals surface area (Å²) in [5.74, 6) is -1.22. The van der Waals surface area contributed by atoms with Crippen molar-refractivity contribution in [1.82, 2.24) is 5.32 Å². The van der Waals surface area contributed by atoms with E-state index in [1.807, 2.05) is 20.8 Å². The minimum Gasteiger partial charge on any atom is -0.352 e. The fourth-order valence-electron chi connectivity index (χ4n) is 2.88. The van der Waals surface area contributed by atoms with E-state index >= 15 is 0 Å². The van der Waals surface area contributed by atoms with Crippen LogP contribution >= 0.6 is 0 Å². The molecule has 0 rings (SSSR count). The van der Waals surface area contributed by atoms with Crippen LogP contribution in [-0.4, -0.2) is 38.4 Å². The van der Waals surface area contributed by atoms with Crippen LogP contribution in [0.25, 0.3) is 0 Å². The number of hydrogen-bond acceptors (Lipinski definition) is 4. The first-order valence-electron chi connectivity index (χ1n) is 9.51. The van der Waals surface area contributed by atoms with Crippen LogP contribution in [0.15, 0.2) is 0 Å². The molecule has 0 bridgehead atoms. The molecule has 0 radical (unpaired) electrons. The molecule has 0 aliphatic rings. The zero-order valence-electron chi connectivity index (χ0n) is 16.1. The zero-order chi connectivity index (χ0) is 18.3. The molecule has 0 aromatic rings. The summed E-state index contributed by atoms with van der Waals surface area (Å²) in [5.41, 5.74) is 5.24. The quantitative estimate of drug-likeness (QED) is 0.329. The number of ether oxygens (including phenoxy) is 3. The summed E-state index contributed by atoms with van der Waals surface area (Å²) in [5, 5.41) is 2.69. The lowest BCUT2D eigenvalue weighted by atomic mass is 9.97. The van der Waals surface area contributed by atoms with Gasteiger partial charge in [-0.3, -0.25) is 0 Å². The van der Waals surface area contributed by atoms with Crippen LogP contribution in [0.1, 0.15) is 72.6 Å². The van der Waals surface area contributed by atoms with Crippen molar-refractivity contribution in [2.45, 2.75) is 78.6 Å². The second-order valence-corrected chi connectivity index (χ2v) is 5.90. The standard InChI is InChI=1S/C18H38N2O4/c1-5-9-10-11-12-13-14-16(15-20-17(19)21)18(22-6-2,23-7-3)24-8-4/h16H,5-15H2,1-4H3,(H3,19,20,21). The Bertz CT molecular complexity index is 296. The van der Waals surface area contributed by atoms with Gasteiger partial charge in [-0.2, -0.15) is 0 Å². The number of carbonyl (C=O) groups excluding carboxylic acids is 1. The lowest BCUT2D eigenvalue weighted by Crippen LogP contribution is -2.51. The van der Waals surface area contributed by atoms with Crippen molar-refractivity contribution >= 4 is 6.03 Å². The van der Waals surface area contributed by atoms with E-state index in [1.54, 1.807) is 0 Å². The molecule has 0 saturated carbocycles. The number of nitrogens with one attached hydrogen (secondary N) is 1. The van der Waals surface area contributed by atoms with Crippen molar-refractivity contribution < 1.29 is 19.0 Å². The molecule has 0 saturated heterocycles. The number of nitrogens with two attached hydrogens (primary N) is 1. The van der Waals surface area contributed by atoms with Gasteiger partial charge in [0.2, 0.25) is 0 Å². The van der Waals surface area contributed by atoms with Gasteiger partial charge in [0.25, 0.3) is 5.97 Å². The Labute approximate surface area is 147 Å². The van der Waals surface area contributed by atoms with Gasteiger partial charge in [-0.15, -0.1) is 0 Å². The van der Waals surface area contributed by atoms with Crippen LogP contribution in [0.3, 0.4) is 0 Å². The minimum absolute atomic E-state index is 0.101. The Kier molecular flexibility index (Phi) is 14.0. The molecular formula is C18H38N2O4. The summed E-state index contributed by atoms with van der Waals surface area (Å²) < 4.78 is 17.6. The number of hydrogen-bond donors (Lipinski definition) is 2. The number of amides is 2. The van der Waals surface area contributed by atoms with E-state index < -0.39 is 12.0 Å². The molecule has 3 N–H and O–H groups in total. The van der Waals surface area contributed by atoms with E-state index in [2.05, 4.69) is 12.2 Å². The maximum absolute atomic E-state index is 11.1. The molecule has 0 aliphatic heterocycles. The predicted octanol–water partition coefficient (Wildman–Crippen LogP) is 3.78. The summed E-state index contributed by atoms with van der Waals surface area (Å²) in [6.07, 6.45) is 8.09. The fraction of sp³-hybridized carbons (Fsp3) is 0.944. The molecule has 144 valence electrons. The Morgan fingerprint density at radius 3 is 1.88 bits per heavy atom. The summed E-state index contributed by atoms with van der Waals surface area (Å²) in [7, 11) is 0. The molecule has 0 aliphatic carbocycles. The normalized spacial score (nSPS) is 13.0. The van der Waals surface area contributed by atoms with Crippen molar-refractivity contribution in [1.29, 1.82) is 0 Å². The Morgan fingerprint density at radius 1 is 0.917 bits per heavy atom. The van der Waals surface area contributed by atoms with E-state index in [-0.39, 0.29) is 5.92 Å². The molecule has 0 spiro atoms. The van der Waals surface area contributed by atoms with Crippen LogP contribution < -0.4 is 11.1 Å². The van der Waals surface area contributed by atoms with E-state index in [9.17, 15) is 4.79 Å². The molecular weight excluding hydrogens is 308 g/mol. The highest BCUT2D eigenvalue weighted by Crippen LogP contribution is 2.30. The third-order valence-corrected chi connectivity index (χ3v) is 3.97. The molecule has 6 heteroatoms. The van der Waals surface area contributed by atoms with Crippen molar-refractivity contribution in [3.05, 3.63) is 0 Å². The Balaban J connectivity index is 4.83. The Morgan fingerprint density at radius 2 is 1.42 bits per heavy atom. The number of carbonyl (C=O) groups is 1. The van der Waals surface area contributed by atoms with Crippen LogP contribution in [0, 0.1) is 5.92 Å². The lowest BCUT2D eigenvalue weighted by Gasteiger charge is -2.39. The van der Waals surface area contributed by atoms with Crippen molar-refractivity contribution in [3.63, 3.8) is 0 Å². The lowest BCUT2D eigenvalue weighted by molar-refractivity contribution is -0.401. The third-order valence-electron chi connectivity index (χ3n) is 3.97. The largest absolute Gasteiger partial charge is 0.352 e. The van der Waals surface area contributed by atoms with Crippen LogP contribution in [0.2, 0.25) is 0 Å². The molecule has 24 heavy (non-hydrogen) atoms. The van der Waals surface area contributed by atoms with Crippen LogP contribution in [0.5, 0.6) is 0 Å². The van der Waals surface area contributed by atoms with Crippen molar-refractivity contribution in [2.75, 3.05) is 26.4 Å². The average Bonchev–Trinajstić information content (AvgIpc) is 2.53. The highest BCUT2D eigenvalue weighted by atomic mass is 16.9. The van der Waals surface area contributed by atoms with Gasteiger partial charge in [0, 0.05) is 26.4 Å². The van der Waals surface area contributed by atoms with Crippen molar-refractivity contribution in [2.24, 2.45) is 11.7 Å². The fourth-order valence-corrected chi connectivity index (χ4v) is 2.88. The van der Waals surface area contributed by atoms with Gasteiger partial charge in [0.15, 0.2) is 0 Å². The molecule has 0 fully saturated rings. The van der Waals surface area contributed by atoms with Crippen molar-refractivity contribution in [3.8, 4) is 0 Å². The molecule has 2 amide bonds. The molecule has 0 aromatic heterocycles. The van der Waals surface area contributed by atoms with E-state index in [0.717, 1.165) is 19.3 Å². The highest BCUT2D eigenvalue weighted by molar-refractivity contribution is 5.71. The topological polar surface area (TPSA) is 82.8 Å².